The third-order valence-electron chi connectivity index (χ3n) is 3.38. The van der Waals surface area contributed by atoms with Gasteiger partial charge in [-0.15, -0.1) is 0 Å². The predicted octanol–water partition coefficient (Wildman–Crippen LogP) is 2.13. The lowest BCUT2D eigenvalue weighted by atomic mass is 10.2. The van der Waals surface area contributed by atoms with Gasteiger partial charge in [-0.05, 0) is 77.0 Å². The van der Waals surface area contributed by atoms with Crippen LogP contribution in [0, 0.1) is 0 Å². The molecule has 0 aliphatic carbocycles. The van der Waals surface area contributed by atoms with Gasteiger partial charge in [-0.1, -0.05) is 37.3 Å². The molecule has 132 valence electrons. The first kappa shape index (κ1) is 14.4. The zero-order valence-electron chi connectivity index (χ0n) is 18.5. The van der Waals surface area contributed by atoms with Crippen molar-refractivity contribution in [2.45, 2.75) is 39.2 Å². The van der Waals surface area contributed by atoms with Crippen LogP contribution < -0.4 is 21.3 Å². The van der Waals surface area contributed by atoms with E-state index >= 15 is 0 Å². The van der Waals surface area contributed by atoms with Gasteiger partial charge in [0.2, 0.25) is 0 Å². The quantitative estimate of drug-likeness (QED) is 0.352. The minimum Gasteiger partial charge on any atom is -0.317 e. The van der Waals surface area contributed by atoms with Gasteiger partial charge in [-0.2, -0.15) is 0 Å². The maximum atomic E-state index is 8.02. The van der Waals surface area contributed by atoms with Crippen molar-refractivity contribution in [3.05, 3.63) is 35.9 Å². The topological polar surface area (TPSA) is 48.1 Å². The molecule has 0 aromatic heterocycles. The van der Waals surface area contributed by atoms with Crippen molar-refractivity contribution in [2.75, 3.05) is 45.7 Å². The van der Waals surface area contributed by atoms with Gasteiger partial charge < -0.3 is 21.3 Å². The molecular weight excluding hydrogens is 284 g/mol. The Kier molecular flexibility index (Phi) is 9.98. The first-order valence-electron chi connectivity index (χ1n) is 10.8. The number of unbranched alkanes of at least 4 members (excludes halogenated alkanes) is 1. The average Bonchev–Trinajstić information content (AvgIpc) is 2.63. The number of hydrogen-bond acceptors (Lipinski definition) is 4. The average molecular weight is 325 g/mol. The zero-order chi connectivity index (χ0) is 20.0. The molecule has 0 saturated heterocycles. The summed E-state index contributed by atoms with van der Waals surface area (Å²) < 4.78 is 31.8. The molecule has 0 aliphatic rings. The van der Waals surface area contributed by atoms with Crippen LogP contribution in [0.5, 0.6) is 0 Å². The molecule has 0 heterocycles. The fourth-order valence-corrected chi connectivity index (χ4v) is 2.09. The Morgan fingerprint density at radius 1 is 0.739 bits per heavy atom. The lowest BCUT2D eigenvalue weighted by molar-refractivity contribution is 0.549. The summed E-state index contributed by atoms with van der Waals surface area (Å²) in [7, 11) is 0. The second-order valence-corrected chi connectivity index (χ2v) is 5.43. The molecule has 4 heteroatoms. The Balaban J connectivity index is 2.03. The van der Waals surface area contributed by atoms with Crippen molar-refractivity contribution in [2.24, 2.45) is 0 Å². The molecule has 0 unspecified atom stereocenters. The summed E-state index contributed by atoms with van der Waals surface area (Å²) in [6, 6.07) is 10.1. The fourth-order valence-electron chi connectivity index (χ4n) is 2.09. The van der Waals surface area contributed by atoms with E-state index in [1.807, 2.05) is 25.1 Å². The molecule has 0 aliphatic heterocycles. The van der Waals surface area contributed by atoms with E-state index in [1.54, 1.807) is 0 Å². The standard InChI is InChI=1S/C19H36N4/c1-2-20-14-8-15-21-12-6-7-13-22-16-9-17-23-18-19-10-4-3-5-11-19/h3-5,10-11,20-23H,2,6-9,12-18H2,1H3/i15D2,16D2. The minimum absolute atomic E-state index is 0.408. The van der Waals surface area contributed by atoms with E-state index in [1.165, 1.54) is 5.56 Å². The minimum atomic E-state index is -1.39. The number of benzene rings is 1. The molecule has 1 aromatic rings. The normalized spacial score (nSPS) is 14.8. The van der Waals surface area contributed by atoms with E-state index in [-0.39, 0.29) is 0 Å². The van der Waals surface area contributed by atoms with Crippen LogP contribution in [0.4, 0.5) is 0 Å². The second-order valence-electron chi connectivity index (χ2n) is 5.43. The fraction of sp³-hybridized carbons (Fsp3) is 0.684. The first-order valence-corrected chi connectivity index (χ1v) is 8.80. The van der Waals surface area contributed by atoms with Crippen molar-refractivity contribution in [1.29, 1.82) is 0 Å². The number of rotatable bonds is 16. The van der Waals surface area contributed by atoms with E-state index in [0.717, 1.165) is 25.9 Å². The van der Waals surface area contributed by atoms with E-state index in [9.17, 15) is 0 Å². The van der Waals surface area contributed by atoms with E-state index < -0.39 is 13.0 Å². The molecule has 4 N–H and O–H groups in total. The Hall–Kier alpha value is -0.940. The molecule has 1 rings (SSSR count). The molecule has 23 heavy (non-hydrogen) atoms. The molecule has 0 spiro atoms. The third-order valence-corrected chi connectivity index (χ3v) is 3.38. The Labute approximate surface area is 148 Å². The molecule has 0 atom stereocenters. The summed E-state index contributed by atoms with van der Waals surface area (Å²) in [5.74, 6) is 0. The highest BCUT2D eigenvalue weighted by atomic mass is 14.9. The van der Waals surface area contributed by atoms with Crippen LogP contribution in [-0.2, 0) is 6.54 Å². The number of hydrogen-bond donors (Lipinski definition) is 4. The van der Waals surface area contributed by atoms with Gasteiger partial charge in [-0.25, -0.2) is 0 Å². The van der Waals surface area contributed by atoms with Gasteiger partial charge in [0, 0.05) is 12.0 Å². The Morgan fingerprint density at radius 3 is 1.91 bits per heavy atom. The molecule has 1 aromatic carbocycles. The van der Waals surface area contributed by atoms with Crippen LogP contribution >= 0.6 is 0 Å². The molecule has 0 fully saturated rings. The van der Waals surface area contributed by atoms with E-state index in [2.05, 4.69) is 33.4 Å². The van der Waals surface area contributed by atoms with Crippen molar-refractivity contribution in [1.82, 2.24) is 21.3 Å². The van der Waals surface area contributed by atoms with Gasteiger partial charge >= 0.3 is 0 Å². The van der Waals surface area contributed by atoms with Gasteiger partial charge in [0.1, 0.15) is 0 Å². The van der Waals surface area contributed by atoms with Crippen molar-refractivity contribution in [3.8, 4) is 0 Å². The smallest absolute Gasteiger partial charge is 0.0428 e. The van der Waals surface area contributed by atoms with Crippen LogP contribution in [0.15, 0.2) is 30.3 Å². The Morgan fingerprint density at radius 2 is 1.30 bits per heavy atom. The molecule has 0 radical (unpaired) electrons. The highest BCUT2D eigenvalue weighted by Crippen LogP contribution is 1.96. The molecular formula is C19H36N4. The van der Waals surface area contributed by atoms with Crippen molar-refractivity contribution < 1.29 is 5.48 Å². The number of nitrogens with one attached hydrogen (secondary N) is 4. The highest BCUT2D eigenvalue weighted by Gasteiger charge is 1.93. The van der Waals surface area contributed by atoms with Crippen LogP contribution in [0.2, 0.25) is 0 Å². The SMILES string of the molecule is [2H]C([2H])(CCNCC)NCCCCNC([2H])([2H])CCNCc1ccccc1. The molecule has 4 nitrogen and oxygen atoms in total. The van der Waals surface area contributed by atoms with Crippen molar-refractivity contribution >= 4 is 0 Å². The predicted molar refractivity (Wildman–Crippen MR) is 101 cm³/mol. The molecule has 0 bridgehead atoms. The van der Waals surface area contributed by atoms with Gasteiger partial charge in [-0.3, -0.25) is 0 Å². The second kappa shape index (κ2) is 15.9. The summed E-state index contributed by atoms with van der Waals surface area (Å²) >= 11 is 0. The third kappa shape index (κ3) is 13.2. The summed E-state index contributed by atoms with van der Waals surface area (Å²) in [5.41, 5.74) is 1.20. The van der Waals surface area contributed by atoms with Crippen LogP contribution in [-0.4, -0.2) is 45.7 Å². The molecule has 0 saturated carbocycles. The van der Waals surface area contributed by atoms with Crippen LogP contribution in [0.3, 0.4) is 0 Å². The van der Waals surface area contributed by atoms with Gasteiger partial charge in [0.05, 0.1) is 0 Å². The Bertz CT molecular complexity index is 486. The van der Waals surface area contributed by atoms with Gasteiger partial charge in [0.15, 0.2) is 0 Å². The highest BCUT2D eigenvalue weighted by molar-refractivity contribution is 5.14. The largest absolute Gasteiger partial charge is 0.317 e. The zero-order valence-corrected chi connectivity index (χ0v) is 14.5. The van der Waals surface area contributed by atoms with Crippen LogP contribution in [0.1, 0.15) is 43.7 Å². The van der Waals surface area contributed by atoms with Crippen LogP contribution in [0.25, 0.3) is 0 Å². The molecule has 0 amide bonds. The van der Waals surface area contributed by atoms with Gasteiger partial charge in [0.25, 0.3) is 0 Å². The lowest BCUT2D eigenvalue weighted by Crippen LogP contribution is -2.24. The maximum Gasteiger partial charge on any atom is 0.0428 e. The summed E-state index contributed by atoms with van der Waals surface area (Å²) in [6.07, 6.45) is 2.48. The lowest BCUT2D eigenvalue weighted by Gasteiger charge is -2.07. The maximum absolute atomic E-state index is 8.02. The summed E-state index contributed by atoms with van der Waals surface area (Å²) in [4.78, 5) is 0. The first-order chi connectivity index (χ1) is 12.8. The van der Waals surface area contributed by atoms with E-state index in [4.69, 9.17) is 5.48 Å². The summed E-state index contributed by atoms with van der Waals surface area (Å²) in [5, 5.41) is 12.3. The van der Waals surface area contributed by atoms with Crippen molar-refractivity contribution in [3.63, 3.8) is 0 Å². The van der Waals surface area contributed by atoms with E-state index in [0.29, 0.717) is 39.0 Å². The monoisotopic (exact) mass is 324 g/mol. The summed E-state index contributed by atoms with van der Waals surface area (Å²) in [6.45, 7) is 3.33.